The Morgan fingerprint density at radius 1 is 0.552 bits per heavy atom. The summed E-state index contributed by atoms with van der Waals surface area (Å²) in [7, 11) is -0.559. The molecule has 9 rings (SSSR count). The number of thiocarbonyl (C=S) groups is 1. The number of aromatic nitrogens is 2. The molecule has 0 bridgehead atoms. The third-order valence-electron chi connectivity index (χ3n) is 10.9. The van der Waals surface area contributed by atoms with Crippen LogP contribution in [0.2, 0.25) is 0 Å². The molecule has 0 fully saturated rings. The first-order valence-corrected chi connectivity index (χ1v) is 21.9. The van der Waals surface area contributed by atoms with Gasteiger partial charge in [0.15, 0.2) is 5.11 Å². The number of hydrogen-bond acceptors (Lipinski definition) is 1. The minimum absolute atomic E-state index is 0.00416. The number of anilines is 1. The Bertz CT molecular complexity index is 2700. The van der Waals surface area contributed by atoms with Crippen molar-refractivity contribution in [1.29, 1.82) is 0 Å². The lowest BCUT2D eigenvalue weighted by Crippen LogP contribution is -2.39. The van der Waals surface area contributed by atoms with Crippen molar-refractivity contribution in [2.45, 2.75) is 25.3 Å². The van der Waals surface area contributed by atoms with E-state index in [4.69, 9.17) is 12.2 Å². The van der Waals surface area contributed by atoms with Gasteiger partial charge < -0.3 is 20.6 Å². The number of aromatic amines is 2. The van der Waals surface area contributed by atoms with Crippen LogP contribution in [-0.2, 0) is 6.42 Å². The molecule has 1 unspecified atom stereocenters. The van der Waals surface area contributed by atoms with Crippen molar-refractivity contribution in [3.05, 3.63) is 222 Å². The Kier molecular flexibility index (Phi) is 11.0. The Balaban J connectivity index is 1.06. The average Bonchev–Trinajstić information content (AvgIpc) is 3.82. The van der Waals surface area contributed by atoms with Gasteiger partial charge in [-0.1, -0.05) is 176 Å². The normalized spacial score (nSPS) is 12.0. The second kappa shape index (κ2) is 17.1. The maximum Gasteiger partial charge on any atom is 0.171 e. The van der Waals surface area contributed by atoms with Gasteiger partial charge in [0, 0.05) is 68.4 Å². The monoisotopic (exact) mass is 788 g/mol. The van der Waals surface area contributed by atoms with E-state index < -0.39 is 7.92 Å². The third kappa shape index (κ3) is 7.84. The number of fused-ring (bicyclic) bond motifs is 2. The topological polar surface area (TPSA) is 55.6 Å². The van der Waals surface area contributed by atoms with Crippen LogP contribution >= 0.6 is 20.1 Å². The van der Waals surface area contributed by atoms with E-state index in [1.165, 1.54) is 49.3 Å². The zero-order valence-electron chi connectivity index (χ0n) is 32.4. The summed E-state index contributed by atoms with van der Waals surface area (Å²) in [5.41, 5.74) is 11.7. The molecule has 284 valence electrons. The van der Waals surface area contributed by atoms with E-state index in [2.05, 4.69) is 222 Å². The number of hydrogen-bond donors (Lipinski definition) is 4. The van der Waals surface area contributed by atoms with Crippen LogP contribution in [0.15, 0.2) is 194 Å². The Morgan fingerprint density at radius 2 is 1.03 bits per heavy atom. The lowest BCUT2D eigenvalue weighted by atomic mass is 9.84. The smallest absolute Gasteiger partial charge is 0.171 e. The molecule has 0 aliphatic rings. The van der Waals surface area contributed by atoms with Crippen LogP contribution < -0.4 is 21.2 Å². The predicted octanol–water partition coefficient (Wildman–Crippen LogP) is 11.9. The van der Waals surface area contributed by atoms with Crippen molar-refractivity contribution in [3.63, 3.8) is 0 Å². The summed E-state index contributed by atoms with van der Waals surface area (Å²) in [5, 5.41) is 13.0. The second-order valence-corrected chi connectivity index (χ2v) is 17.5. The fourth-order valence-corrected chi connectivity index (χ4v) is 11.1. The Labute approximate surface area is 347 Å². The molecule has 0 saturated heterocycles. The van der Waals surface area contributed by atoms with Gasteiger partial charge in [-0.2, -0.15) is 0 Å². The summed E-state index contributed by atoms with van der Waals surface area (Å²) in [5.74, 6) is -0.00416. The lowest BCUT2D eigenvalue weighted by Gasteiger charge is -2.25. The Hall–Kier alpha value is -6.26. The van der Waals surface area contributed by atoms with Gasteiger partial charge in [0.1, 0.15) is 0 Å². The molecular formula is C52H45N4PS. The molecule has 58 heavy (non-hydrogen) atoms. The van der Waals surface area contributed by atoms with Crippen molar-refractivity contribution in [2.75, 3.05) is 11.5 Å². The highest BCUT2D eigenvalue weighted by Crippen LogP contribution is 2.46. The van der Waals surface area contributed by atoms with Crippen LogP contribution in [0, 0.1) is 0 Å². The molecule has 0 spiro atoms. The quantitative estimate of drug-likeness (QED) is 0.0737. The van der Waals surface area contributed by atoms with Crippen molar-refractivity contribution in [3.8, 4) is 11.1 Å². The van der Waals surface area contributed by atoms with Gasteiger partial charge in [-0.15, -0.1) is 0 Å². The van der Waals surface area contributed by atoms with Crippen molar-refractivity contribution >= 4 is 63.4 Å². The van der Waals surface area contributed by atoms with Crippen molar-refractivity contribution in [2.24, 2.45) is 0 Å². The minimum atomic E-state index is -0.559. The van der Waals surface area contributed by atoms with E-state index in [0.717, 1.165) is 34.1 Å². The first-order chi connectivity index (χ1) is 28.6. The SMILES string of the molecule is CC(CP(c1ccccc1)c1ccccc1)NC(=S)Nc1ccccc1Cc1[nH]c2ccccc2c1-c1c(C(c2ccccc2)c2ccccc2)[nH]c2ccccc12. The van der Waals surface area contributed by atoms with E-state index in [9.17, 15) is 0 Å². The number of rotatable bonds is 12. The van der Waals surface area contributed by atoms with Crippen molar-refractivity contribution in [1.82, 2.24) is 15.3 Å². The zero-order chi connectivity index (χ0) is 39.3. The molecule has 0 amide bonds. The first-order valence-electron chi connectivity index (χ1n) is 19.9. The predicted molar refractivity (Wildman–Crippen MR) is 251 cm³/mol. The number of para-hydroxylation sites is 3. The maximum atomic E-state index is 6.03. The molecule has 0 radical (unpaired) electrons. The van der Waals surface area contributed by atoms with Crippen LogP contribution in [0.1, 0.15) is 40.9 Å². The molecule has 2 heterocycles. The number of benzene rings is 7. The molecule has 4 nitrogen and oxygen atoms in total. The van der Waals surface area contributed by atoms with Gasteiger partial charge in [-0.25, -0.2) is 0 Å². The highest BCUT2D eigenvalue weighted by molar-refractivity contribution is 7.80. The van der Waals surface area contributed by atoms with Gasteiger partial charge >= 0.3 is 0 Å². The van der Waals surface area contributed by atoms with Gasteiger partial charge in [0.05, 0.1) is 0 Å². The summed E-state index contributed by atoms with van der Waals surface area (Å²) in [4.78, 5) is 7.83. The summed E-state index contributed by atoms with van der Waals surface area (Å²) in [6, 6.07) is 69.5. The van der Waals surface area contributed by atoms with Gasteiger partial charge in [-0.3, -0.25) is 0 Å². The van der Waals surface area contributed by atoms with Crippen LogP contribution in [-0.4, -0.2) is 27.3 Å². The van der Waals surface area contributed by atoms with Gasteiger partial charge in [-0.05, 0) is 78.7 Å². The molecule has 1 atom stereocenters. The van der Waals surface area contributed by atoms with Gasteiger partial charge in [0.25, 0.3) is 0 Å². The third-order valence-corrected chi connectivity index (χ3v) is 13.9. The maximum absolute atomic E-state index is 6.03. The highest BCUT2D eigenvalue weighted by Gasteiger charge is 2.28. The fourth-order valence-electron chi connectivity index (χ4n) is 8.35. The van der Waals surface area contributed by atoms with E-state index in [1.54, 1.807) is 0 Å². The molecule has 2 aromatic heterocycles. The average molecular weight is 789 g/mol. The molecular weight excluding hydrogens is 744 g/mol. The number of H-pyrrole nitrogens is 2. The molecule has 9 aromatic rings. The summed E-state index contributed by atoms with van der Waals surface area (Å²) < 4.78 is 0. The van der Waals surface area contributed by atoms with E-state index >= 15 is 0 Å². The minimum Gasteiger partial charge on any atom is -0.360 e. The summed E-state index contributed by atoms with van der Waals surface area (Å²) in [6.07, 6.45) is 1.64. The largest absolute Gasteiger partial charge is 0.360 e. The van der Waals surface area contributed by atoms with Crippen molar-refractivity contribution < 1.29 is 0 Å². The van der Waals surface area contributed by atoms with Crippen LogP contribution in [0.5, 0.6) is 0 Å². The van der Waals surface area contributed by atoms with E-state index in [-0.39, 0.29) is 12.0 Å². The van der Waals surface area contributed by atoms with Crippen LogP contribution in [0.3, 0.4) is 0 Å². The molecule has 7 aromatic carbocycles. The molecule has 6 heteroatoms. The Morgan fingerprint density at radius 3 is 1.64 bits per heavy atom. The van der Waals surface area contributed by atoms with E-state index in [1.807, 2.05) is 0 Å². The van der Waals surface area contributed by atoms with Crippen LogP contribution in [0.25, 0.3) is 32.9 Å². The summed E-state index contributed by atoms with van der Waals surface area (Å²) >= 11 is 6.03. The van der Waals surface area contributed by atoms with E-state index in [0.29, 0.717) is 11.5 Å². The first kappa shape index (κ1) is 37.3. The molecule has 4 N–H and O–H groups in total. The zero-order valence-corrected chi connectivity index (χ0v) is 34.1. The lowest BCUT2D eigenvalue weighted by molar-refractivity contribution is 0.747. The van der Waals surface area contributed by atoms with Crippen LogP contribution in [0.4, 0.5) is 5.69 Å². The standard InChI is InChI=1S/C52H45N4PS/c1-36(35-57(40-25-10-4-11-26-40)41-27-12-5-13-28-41)53-52(58)56-44-31-17-14-24-39(44)34-47-49(42-29-15-18-32-45(42)54-47)50-43-30-16-19-33-46(43)55-51(50)48(37-20-6-2-7-21-37)38-22-8-3-9-23-38/h2-33,36,48,54-55H,34-35H2,1H3,(H2,53,56,58). The molecule has 0 aliphatic heterocycles. The highest BCUT2D eigenvalue weighted by atomic mass is 32.1. The fraction of sp³-hybridized carbons (Fsp3) is 0.0962. The number of nitrogens with one attached hydrogen (secondary N) is 4. The van der Waals surface area contributed by atoms with Gasteiger partial charge in [0.2, 0.25) is 0 Å². The second-order valence-electron chi connectivity index (χ2n) is 14.9. The molecule has 0 saturated carbocycles. The molecule has 0 aliphatic carbocycles. The summed E-state index contributed by atoms with van der Waals surface area (Å²) in [6.45, 7) is 2.23.